The highest BCUT2D eigenvalue weighted by atomic mass is 19.4. The molecular formula is C41H19F3N6. The van der Waals surface area contributed by atoms with Crippen LogP contribution in [-0.4, -0.2) is 9.13 Å². The number of para-hydroxylation sites is 2. The zero-order valence-corrected chi connectivity index (χ0v) is 25.8. The maximum absolute atomic E-state index is 15.1. The number of hydrogen-bond acceptors (Lipinski definition) is 2. The second kappa shape index (κ2) is 11.1. The van der Waals surface area contributed by atoms with Crippen LogP contribution in [0.1, 0.15) is 16.7 Å². The fourth-order valence-electron chi connectivity index (χ4n) is 7.01. The Morgan fingerprint density at radius 1 is 0.540 bits per heavy atom. The monoisotopic (exact) mass is 652 g/mol. The third-order valence-electron chi connectivity index (χ3n) is 9.01. The molecule has 6 aromatic carbocycles. The van der Waals surface area contributed by atoms with E-state index in [-0.39, 0.29) is 33.8 Å². The Labute approximate surface area is 282 Å². The highest BCUT2D eigenvalue weighted by Gasteiger charge is 2.37. The topological polar surface area (TPSA) is 66.2 Å². The fraction of sp³-hybridized carbons (Fsp3) is 0.0244. The Morgan fingerprint density at radius 3 is 1.66 bits per heavy atom. The van der Waals surface area contributed by atoms with Gasteiger partial charge in [0.1, 0.15) is 0 Å². The van der Waals surface area contributed by atoms with E-state index in [1.54, 1.807) is 57.7 Å². The standard InChI is InChI=1S/C41H19F3N6/c1-47-26-15-17-36-30(21-26)28-9-4-6-13-34(28)50(36)38-20-25(23-46)19-37(40(38)39-31(41(42,43)44)10-7-11-32(39)48-2)49-33-12-5-3-8-27(33)29-18-24(22-45)14-16-35(29)49/h3-21H. The molecule has 0 aliphatic rings. The number of aromatic nitrogens is 2. The van der Waals surface area contributed by atoms with E-state index in [4.69, 9.17) is 13.1 Å². The van der Waals surface area contributed by atoms with E-state index in [2.05, 4.69) is 21.8 Å². The molecule has 9 heteroatoms. The molecular weight excluding hydrogens is 633 g/mol. The molecule has 0 aliphatic heterocycles. The van der Waals surface area contributed by atoms with E-state index in [0.717, 1.165) is 16.8 Å². The summed E-state index contributed by atoms with van der Waals surface area (Å²) in [5, 5.41) is 23.1. The van der Waals surface area contributed by atoms with Gasteiger partial charge in [-0.2, -0.15) is 23.7 Å². The minimum Gasteiger partial charge on any atom is -0.309 e. The van der Waals surface area contributed by atoms with Gasteiger partial charge in [-0.1, -0.05) is 60.7 Å². The van der Waals surface area contributed by atoms with Crippen LogP contribution < -0.4 is 0 Å². The van der Waals surface area contributed by atoms with Crippen molar-refractivity contribution in [1.29, 1.82) is 10.5 Å². The molecule has 50 heavy (non-hydrogen) atoms. The van der Waals surface area contributed by atoms with Crippen molar-refractivity contribution in [3.05, 3.63) is 155 Å². The van der Waals surface area contributed by atoms with Crippen molar-refractivity contribution in [2.45, 2.75) is 6.18 Å². The van der Waals surface area contributed by atoms with Gasteiger partial charge in [0.15, 0.2) is 11.4 Å². The molecule has 0 spiro atoms. The molecule has 2 heterocycles. The van der Waals surface area contributed by atoms with Gasteiger partial charge < -0.3 is 9.13 Å². The molecule has 0 bridgehead atoms. The molecule has 0 saturated heterocycles. The van der Waals surface area contributed by atoms with Crippen molar-refractivity contribution in [3.63, 3.8) is 0 Å². The van der Waals surface area contributed by atoms with Gasteiger partial charge in [-0.3, -0.25) is 0 Å². The van der Waals surface area contributed by atoms with Crippen molar-refractivity contribution in [1.82, 2.24) is 9.13 Å². The van der Waals surface area contributed by atoms with Crippen LogP contribution in [0.2, 0.25) is 0 Å². The normalized spacial score (nSPS) is 11.4. The van der Waals surface area contributed by atoms with Crippen molar-refractivity contribution >= 4 is 55.0 Å². The average molecular weight is 653 g/mol. The third-order valence-corrected chi connectivity index (χ3v) is 9.01. The molecule has 0 unspecified atom stereocenters. The second-order valence-corrected chi connectivity index (χ2v) is 11.7. The first-order valence-electron chi connectivity index (χ1n) is 15.3. The number of benzene rings is 6. The van der Waals surface area contributed by atoms with Crippen LogP contribution in [0.4, 0.5) is 24.5 Å². The Morgan fingerprint density at radius 2 is 1.10 bits per heavy atom. The van der Waals surface area contributed by atoms with Gasteiger partial charge in [0.2, 0.25) is 0 Å². The maximum atomic E-state index is 15.1. The molecule has 0 fully saturated rings. The highest BCUT2D eigenvalue weighted by molar-refractivity contribution is 6.13. The van der Waals surface area contributed by atoms with Crippen LogP contribution in [-0.2, 0) is 6.18 Å². The molecule has 0 atom stereocenters. The largest absolute Gasteiger partial charge is 0.415 e. The van der Waals surface area contributed by atoms with Crippen LogP contribution in [0.5, 0.6) is 0 Å². The Bertz CT molecular complexity index is 2760. The number of halogens is 3. The number of hydrogen-bond donors (Lipinski definition) is 0. The van der Waals surface area contributed by atoms with Gasteiger partial charge >= 0.3 is 6.18 Å². The molecule has 0 N–H and O–H groups in total. The lowest BCUT2D eigenvalue weighted by Crippen LogP contribution is -2.11. The SMILES string of the molecule is [C-]#[N+]c1ccc2c(c1)c1ccccc1n2-c1cc(C#N)cc(-n2c3ccccc3c3cc(C#N)ccc32)c1-c1c([N+]#[C-])cccc1C(F)(F)F. The molecule has 0 aliphatic carbocycles. The van der Waals surface area contributed by atoms with Crippen molar-refractivity contribution in [2.75, 3.05) is 0 Å². The van der Waals surface area contributed by atoms with Crippen LogP contribution in [0.15, 0.2) is 115 Å². The second-order valence-electron chi connectivity index (χ2n) is 11.7. The Hall–Kier alpha value is -7.33. The summed E-state index contributed by atoms with van der Waals surface area (Å²) in [5.41, 5.74) is 2.52. The lowest BCUT2D eigenvalue weighted by molar-refractivity contribution is -0.137. The first-order valence-corrected chi connectivity index (χ1v) is 15.3. The van der Waals surface area contributed by atoms with Crippen molar-refractivity contribution in [2.24, 2.45) is 0 Å². The van der Waals surface area contributed by atoms with E-state index in [0.29, 0.717) is 44.1 Å². The summed E-state index contributed by atoms with van der Waals surface area (Å²) in [6, 6.07) is 36.0. The number of rotatable bonds is 3. The highest BCUT2D eigenvalue weighted by Crippen LogP contribution is 2.49. The summed E-state index contributed by atoms with van der Waals surface area (Å²) in [7, 11) is 0. The zero-order valence-electron chi connectivity index (χ0n) is 25.8. The van der Waals surface area contributed by atoms with Gasteiger partial charge in [0, 0.05) is 27.3 Å². The Kier molecular flexibility index (Phi) is 6.69. The quantitative estimate of drug-likeness (QED) is 0.178. The molecule has 8 aromatic rings. The minimum atomic E-state index is -4.84. The van der Waals surface area contributed by atoms with Crippen LogP contribution >= 0.6 is 0 Å². The van der Waals surface area contributed by atoms with Gasteiger partial charge in [-0.25, -0.2) is 9.69 Å². The lowest BCUT2D eigenvalue weighted by Gasteiger charge is -2.24. The van der Waals surface area contributed by atoms with Crippen LogP contribution in [0.3, 0.4) is 0 Å². The van der Waals surface area contributed by atoms with E-state index in [1.165, 1.54) is 12.1 Å². The number of nitrogens with zero attached hydrogens (tertiary/aromatic N) is 6. The van der Waals surface area contributed by atoms with E-state index < -0.39 is 11.7 Å². The van der Waals surface area contributed by atoms with Gasteiger partial charge in [-0.15, -0.1) is 0 Å². The number of fused-ring (bicyclic) bond motifs is 6. The minimum absolute atomic E-state index is 0.0897. The fourth-order valence-corrected chi connectivity index (χ4v) is 7.01. The van der Waals surface area contributed by atoms with Crippen LogP contribution in [0.25, 0.3) is 75.8 Å². The smallest absolute Gasteiger partial charge is 0.309 e. The predicted molar refractivity (Wildman–Crippen MR) is 188 cm³/mol. The first kappa shape index (κ1) is 30.0. The summed E-state index contributed by atoms with van der Waals surface area (Å²) < 4.78 is 48.9. The molecule has 8 rings (SSSR count). The average Bonchev–Trinajstić information content (AvgIpc) is 3.65. The van der Waals surface area contributed by atoms with E-state index in [1.807, 2.05) is 48.5 Å². The summed E-state index contributed by atoms with van der Waals surface area (Å²) >= 11 is 0. The zero-order chi connectivity index (χ0) is 34.7. The molecule has 234 valence electrons. The molecule has 0 saturated carbocycles. The van der Waals surface area contributed by atoms with Crippen molar-refractivity contribution in [3.8, 4) is 34.6 Å². The Balaban J connectivity index is 1.66. The van der Waals surface area contributed by atoms with Gasteiger partial charge in [0.25, 0.3) is 0 Å². The van der Waals surface area contributed by atoms with Gasteiger partial charge in [-0.05, 0) is 60.0 Å². The predicted octanol–water partition coefficient (Wildman–Crippen LogP) is 11.4. The molecule has 6 nitrogen and oxygen atoms in total. The summed E-state index contributed by atoms with van der Waals surface area (Å²) in [6.07, 6.45) is -4.84. The lowest BCUT2D eigenvalue weighted by atomic mass is 9.92. The van der Waals surface area contributed by atoms with Crippen molar-refractivity contribution < 1.29 is 13.2 Å². The number of alkyl halides is 3. The van der Waals surface area contributed by atoms with E-state index in [9.17, 15) is 10.5 Å². The maximum Gasteiger partial charge on any atom is 0.415 e. The molecule has 0 amide bonds. The molecule has 0 radical (unpaired) electrons. The third kappa shape index (κ3) is 4.40. The molecule has 2 aromatic heterocycles. The number of nitriles is 2. The van der Waals surface area contributed by atoms with Gasteiger partial charge in [0.05, 0.1) is 75.4 Å². The van der Waals surface area contributed by atoms with E-state index >= 15 is 13.2 Å². The summed E-state index contributed by atoms with van der Waals surface area (Å²) in [6.45, 7) is 15.7. The summed E-state index contributed by atoms with van der Waals surface area (Å²) in [4.78, 5) is 7.20. The van der Waals surface area contributed by atoms with Crippen LogP contribution in [0, 0.1) is 35.8 Å². The first-order chi connectivity index (χ1) is 24.3. The summed E-state index contributed by atoms with van der Waals surface area (Å²) in [5.74, 6) is 0.